The van der Waals surface area contributed by atoms with Gasteiger partial charge in [-0.1, -0.05) is 24.3 Å². The summed E-state index contributed by atoms with van der Waals surface area (Å²) in [6.07, 6.45) is 4.13. The summed E-state index contributed by atoms with van der Waals surface area (Å²) in [5.74, 6) is -0.754. The maximum absolute atomic E-state index is 13.0. The molecule has 0 saturated carbocycles. The van der Waals surface area contributed by atoms with E-state index in [1.165, 1.54) is 6.07 Å². The van der Waals surface area contributed by atoms with Crippen LogP contribution < -0.4 is 5.48 Å². The molecule has 1 aliphatic rings. The Balaban J connectivity index is 1.66. The number of carbonyl (C=O) groups is 2. The first kappa shape index (κ1) is 16.3. The fraction of sp³-hybridized carbons (Fsp3) is 0.211. The molecule has 1 aliphatic heterocycles. The Labute approximate surface area is 149 Å². The van der Waals surface area contributed by atoms with Gasteiger partial charge in [-0.3, -0.25) is 19.8 Å². The number of pyridine rings is 1. The molecule has 2 amide bonds. The van der Waals surface area contributed by atoms with E-state index in [-0.39, 0.29) is 11.5 Å². The third-order valence-electron chi connectivity index (χ3n) is 4.67. The minimum Gasteiger partial charge on any atom is -0.343 e. The maximum Gasteiger partial charge on any atom is 0.276 e. The Morgan fingerprint density at radius 1 is 1.23 bits per heavy atom. The summed E-state index contributed by atoms with van der Waals surface area (Å²) in [4.78, 5) is 30.9. The smallest absolute Gasteiger partial charge is 0.276 e. The first-order valence-electron chi connectivity index (χ1n) is 8.44. The molecule has 132 valence electrons. The molecule has 7 nitrogen and oxygen atoms in total. The van der Waals surface area contributed by atoms with E-state index in [1.807, 2.05) is 30.3 Å². The van der Waals surface area contributed by atoms with Crippen LogP contribution in [0.15, 0.2) is 48.8 Å². The first-order chi connectivity index (χ1) is 12.7. The van der Waals surface area contributed by atoms with Crippen molar-refractivity contribution >= 4 is 22.7 Å². The highest BCUT2D eigenvalue weighted by Gasteiger charge is 2.25. The number of aryl methyl sites for hydroxylation is 1. The number of nitrogens with zero attached hydrogens (tertiary/aromatic N) is 3. The Hall–Kier alpha value is -3.19. The quantitative estimate of drug-likeness (QED) is 0.560. The number of aromatic nitrogens is 2. The second-order valence-electron chi connectivity index (χ2n) is 6.32. The number of carbonyl (C=O) groups excluding carboxylic acids is 2. The van der Waals surface area contributed by atoms with Crippen LogP contribution in [0, 0.1) is 0 Å². The number of amides is 2. The van der Waals surface area contributed by atoms with Crippen molar-refractivity contribution in [1.82, 2.24) is 19.9 Å². The van der Waals surface area contributed by atoms with Crippen LogP contribution in [0.4, 0.5) is 0 Å². The van der Waals surface area contributed by atoms with Crippen LogP contribution in [0.5, 0.6) is 0 Å². The fourth-order valence-electron chi connectivity index (χ4n) is 3.41. The van der Waals surface area contributed by atoms with Gasteiger partial charge in [0.2, 0.25) is 0 Å². The molecule has 0 atom stereocenters. The van der Waals surface area contributed by atoms with Gasteiger partial charge < -0.3 is 9.47 Å². The van der Waals surface area contributed by atoms with Crippen molar-refractivity contribution in [2.24, 2.45) is 0 Å². The summed E-state index contributed by atoms with van der Waals surface area (Å²) in [5, 5.41) is 9.85. The van der Waals surface area contributed by atoms with Gasteiger partial charge in [0.05, 0.1) is 11.1 Å². The van der Waals surface area contributed by atoms with E-state index < -0.39 is 5.91 Å². The number of rotatable bonds is 3. The van der Waals surface area contributed by atoms with Crippen LogP contribution in [-0.4, -0.2) is 38.0 Å². The molecule has 0 radical (unpaired) electrons. The predicted octanol–water partition coefficient (Wildman–Crippen LogP) is 2.20. The fourth-order valence-corrected chi connectivity index (χ4v) is 3.41. The summed E-state index contributed by atoms with van der Waals surface area (Å²) >= 11 is 0. The lowest BCUT2D eigenvalue weighted by atomic mass is 10.1. The molecule has 1 aromatic carbocycles. The average molecular weight is 350 g/mol. The van der Waals surface area contributed by atoms with Gasteiger partial charge >= 0.3 is 0 Å². The van der Waals surface area contributed by atoms with E-state index in [4.69, 9.17) is 5.21 Å². The largest absolute Gasteiger partial charge is 0.343 e. The van der Waals surface area contributed by atoms with Crippen LogP contribution in [0.2, 0.25) is 0 Å². The molecule has 0 spiro atoms. The summed E-state index contributed by atoms with van der Waals surface area (Å²) in [7, 11) is 0. The first-order valence-corrected chi connectivity index (χ1v) is 8.44. The predicted molar refractivity (Wildman–Crippen MR) is 94.8 cm³/mol. The molecular formula is C19H18N4O3. The molecule has 3 aromatic rings. The van der Waals surface area contributed by atoms with Gasteiger partial charge in [-0.15, -0.1) is 0 Å². The topological polar surface area (TPSA) is 87.5 Å². The highest BCUT2D eigenvalue weighted by Crippen LogP contribution is 2.22. The highest BCUT2D eigenvalue weighted by molar-refractivity contribution is 5.99. The van der Waals surface area contributed by atoms with Gasteiger partial charge in [-0.25, -0.2) is 5.48 Å². The van der Waals surface area contributed by atoms with Crippen molar-refractivity contribution in [1.29, 1.82) is 0 Å². The number of para-hydroxylation sites is 1. The number of hydrogen-bond acceptors (Lipinski definition) is 4. The Kier molecular flexibility index (Phi) is 4.14. The molecule has 2 aromatic heterocycles. The Bertz CT molecular complexity index is 990. The Morgan fingerprint density at radius 3 is 2.92 bits per heavy atom. The van der Waals surface area contributed by atoms with Crippen molar-refractivity contribution in [3.05, 3.63) is 65.6 Å². The van der Waals surface area contributed by atoms with Crippen LogP contribution in [0.1, 0.15) is 32.8 Å². The van der Waals surface area contributed by atoms with Crippen molar-refractivity contribution < 1.29 is 14.8 Å². The molecule has 0 fully saturated rings. The van der Waals surface area contributed by atoms with E-state index >= 15 is 0 Å². The van der Waals surface area contributed by atoms with E-state index in [0.717, 1.165) is 22.9 Å². The number of nitrogens with one attached hydrogen (secondary N) is 1. The molecule has 4 rings (SSSR count). The van der Waals surface area contributed by atoms with E-state index in [2.05, 4.69) is 4.98 Å². The number of benzene rings is 1. The molecule has 0 aliphatic carbocycles. The minimum atomic E-state index is -0.622. The minimum absolute atomic E-state index is 0.132. The van der Waals surface area contributed by atoms with Crippen LogP contribution in [0.3, 0.4) is 0 Å². The zero-order chi connectivity index (χ0) is 18.1. The lowest BCUT2D eigenvalue weighted by Gasteiger charge is -2.21. The van der Waals surface area contributed by atoms with E-state index in [0.29, 0.717) is 25.3 Å². The standard InChI is InChI=1S/C19H18N4O3/c24-18(21-26)15-10-16-19(25)23(9-3-8-22(16)12-15)11-14-5-1-4-13-6-2-7-20-17(13)14/h1-2,4-7,10,12,26H,3,8-9,11H2,(H,21,24). The summed E-state index contributed by atoms with van der Waals surface area (Å²) < 4.78 is 1.77. The van der Waals surface area contributed by atoms with Crippen molar-refractivity contribution in [3.63, 3.8) is 0 Å². The maximum atomic E-state index is 13.0. The van der Waals surface area contributed by atoms with E-state index in [9.17, 15) is 9.59 Å². The SMILES string of the molecule is O=C(NO)c1cc2n(c1)CCCN(Cc1cccc3cccnc13)C2=O. The Morgan fingerprint density at radius 2 is 2.08 bits per heavy atom. The third-order valence-corrected chi connectivity index (χ3v) is 4.67. The molecule has 26 heavy (non-hydrogen) atoms. The van der Waals surface area contributed by atoms with Gasteiger partial charge in [0.15, 0.2) is 0 Å². The lowest BCUT2D eigenvalue weighted by molar-refractivity contribution is 0.0706. The van der Waals surface area contributed by atoms with Gasteiger partial charge in [0, 0.05) is 37.4 Å². The monoisotopic (exact) mass is 350 g/mol. The van der Waals surface area contributed by atoms with Crippen LogP contribution in [-0.2, 0) is 13.1 Å². The highest BCUT2D eigenvalue weighted by atomic mass is 16.5. The molecule has 0 unspecified atom stereocenters. The second kappa shape index (κ2) is 6.61. The average Bonchev–Trinajstić information content (AvgIpc) is 3.04. The van der Waals surface area contributed by atoms with Gasteiger partial charge in [0.25, 0.3) is 11.8 Å². The molecule has 0 saturated heterocycles. The third kappa shape index (κ3) is 2.82. The second-order valence-corrected chi connectivity index (χ2v) is 6.32. The zero-order valence-electron chi connectivity index (χ0n) is 14.1. The lowest BCUT2D eigenvalue weighted by Crippen LogP contribution is -2.30. The molecular weight excluding hydrogens is 332 g/mol. The summed E-state index contributed by atoms with van der Waals surface area (Å²) in [6, 6.07) is 11.4. The number of hydrogen-bond donors (Lipinski definition) is 2. The van der Waals surface area contributed by atoms with Crippen LogP contribution >= 0.6 is 0 Å². The van der Waals surface area contributed by atoms with Crippen LogP contribution in [0.25, 0.3) is 10.9 Å². The number of hydroxylamine groups is 1. The van der Waals surface area contributed by atoms with Crippen molar-refractivity contribution in [3.8, 4) is 0 Å². The normalized spacial score (nSPS) is 14.2. The van der Waals surface area contributed by atoms with Crippen molar-refractivity contribution in [2.45, 2.75) is 19.5 Å². The van der Waals surface area contributed by atoms with Gasteiger partial charge in [-0.05, 0) is 24.1 Å². The van der Waals surface area contributed by atoms with Gasteiger partial charge in [0.1, 0.15) is 5.69 Å². The van der Waals surface area contributed by atoms with Crippen molar-refractivity contribution in [2.75, 3.05) is 6.54 Å². The van der Waals surface area contributed by atoms with Gasteiger partial charge in [-0.2, -0.15) is 0 Å². The molecule has 3 heterocycles. The summed E-state index contributed by atoms with van der Waals surface area (Å²) in [5.41, 5.74) is 4.21. The molecule has 2 N–H and O–H groups in total. The summed E-state index contributed by atoms with van der Waals surface area (Å²) in [6.45, 7) is 1.73. The zero-order valence-corrected chi connectivity index (χ0v) is 14.1. The van der Waals surface area contributed by atoms with E-state index in [1.54, 1.807) is 27.3 Å². The molecule has 0 bridgehead atoms. The number of fused-ring (bicyclic) bond motifs is 2. The molecule has 7 heteroatoms.